The monoisotopic (exact) mass is 238 g/mol. The highest BCUT2D eigenvalue weighted by atomic mass is 16.3. The second-order valence-electron chi connectivity index (χ2n) is 3.85. The Kier molecular flexibility index (Phi) is 6.32. The first kappa shape index (κ1) is 13.7. The van der Waals surface area contributed by atoms with Gasteiger partial charge in [0.25, 0.3) is 0 Å². The molecule has 0 amide bonds. The van der Waals surface area contributed by atoms with Crippen LogP contribution in [0.4, 0.5) is 11.6 Å². The molecule has 0 saturated heterocycles. The maximum absolute atomic E-state index is 8.85. The predicted molar refractivity (Wildman–Crippen MR) is 70.4 cm³/mol. The minimum Gasteiger partial charge on any atom is -0.396 e. The molecule has 1 aromatic heterocycles. The second kappa shape index (κ2) is 7.84. The Balaban J connectivity index is 2.66. The van der Waals surface area contributed by atoms with Gasteiger partial charge in [-0.2, -0.15) is 0 Å². The Labute approximate surface area is 103 Å². The molecule has 1 rings (SSSR count). The lowest BCUT2D eigenvalue weighted by molar-refractivity contribution is 0.289. The number of anilines is 2. The molecule has 0 unspecified atom stereocenters. The number of aliphatic hydroxyl groups excluding tert-OH is 1. The zero-order chi connectivity index (χ0) is 12.5. The van der Waals surface area contributed by atoms with E-state index in [9.17, 15) is 0 Å². The van der Waals surface area contributed by atoms with Gasteiger partial charge in [-0.1, -0.05) is 6.92 Å². The van der Waals surface area contributed by atoms with Gasteiger partial charge < -0.3 is 15.3 Å². The zero-order valence-electron chi connectivity index (χ0n) is 10.7. The van der Waals surface area contributed by atoms with Crippen molar-refractivity contribution in [3.63, 3.8) is 0 Å². The van der Waals surface area contributed by atoms with E-state index in [1.165, 1.54) is 0 Å². The van der Waals surface area contributed by atoms with Crippen LogP contribution in [0.3, 0.4) is 0 Å². The van der Waals surface area contributed by atoms with E-state index in [4.69, 9.17) is 5.11 Å². The fourth-order valence-electron chi connectivity index (χ4n) is 1.54. The Bertz CT molecular complexity index is 319. The molecule has 5 heteroatoms. The van der Waals surface area contributed by atoms with Crippen LogP contribution in [0.25, 0.3) is 0 Å². The Morgan fingerprint density at radius 1 is 1.35 bits per heavy atom. The number of rotatable bonds is 8. The third-order valence-electron chi connectivity index (χ3n) is 2.47. The van der Waals surface area contributed by atoms with E-state index in [1.807, 2.05) is 0 Å². The molecule has 2 N–H and O–H groups in total. The number of aliphatic hydroxyl groups is 1. The molecule has 1 heterocycles. The van der Waals surface area contributed by atoms with Crippen LogP contribution < -0.4 is 10.2 Å². The van der Waals surface area contributed by atoms with Crippen molar-refractivity contribution in [2.75, 3.05) is 36.5 Å². The standard InChI is InChI=1S/C12H22N4O/c1-3-6-14-11-9-13-10-12(15-11)16(4-2)7-5-8-17/h9-10,17H,3-8H2,1-2H3,(H,14,15). The van der Waals surface area contributed by atoms with Gasteiger partial charge in [-0.25, -0.2) is 4.98 Å². The average Bonchev–Trinajstić information content (AvgIpc) is 2.38. The fourth-order valence-corrected chi connectivity index (χ4v) is 1.54. The van der Waals surface area contributed by atoms with Crippen LogP contribution in [0, 0.1) is 0 Å². The smallest absolute Gasteiger partial charge is 0.149 e. The lowest BCUT2D eigenvalue weighted by Crippen LogP contribution is -2.26. The van der Waals surface area contributed by atoms with E-state index in [1.54, 1.807) is 12.4 Å². The van der Waals surface area contributed by atoms with Crippen molar-refractivity contribution in [3.8, 4) is 0 Å². The fraction of sp³-hybridized carbons (Fsp3) is 0.667. The highest BCUT2D eigenvalue weighted by molar-refractivity contribution is 5.43. The molecule has 96 valence electrons. The van der Waals surface area contributed by atoms with Gasteiger partial charge in [-0.15, -0.1) is 0 Å². The van der Waals surface area contributed by atoms with Crippen LogP contribution in [-0.4, -0.2) is 41.3 Å². The van der Waals surface area contributed by atoms with Crippen LogP contribution in [-0.2, 0) is 0 Å². The van der Waals surface area contributed by atoms with Crippen molar-refractivity contribution in [2.24, 2.45) is 0 Å². The largest absolute Gasteiger partial charge is 0.396 e. The number of nitrogens with zero attached hydrogens (tertiary/aromatic N) is 3. The Morgan fingerprint density at radius 2 is 2.18 bits per heavy atom. The number of hydrogen-bond donors (Lipinski definition) is 2. The highest BCUT2D eigenvalue weighted by Crippen LogP contribution is 2.12. The highest BCUT2D eigenvalue weighted by Gasteiger charge is 2.06. The summed E-state index contributed by atoms with van der Waals surface area (Å²) in [6, 6.07) is 0. The van der Waals surface area contributed by atoms with Crippen molar-refractivity contribution in [1.29, 1.82) is 0 Å². The van der Waals surface area contributed by atoms with Crippen LogP contribution in [0.15, 0.2) is 12.4 Å². The van der Waals surface area contributed by atoms with Crippen LogP contribution in [0.5, 0.6) is 0 Å². The topological polar surface area (TPSA) is 61.3 Å². The summed E-state index contributed by atoms with van der Waals surface area (Å²) in [5.74, 6) is 1.67. The summed E-state index contributed by atoms with van der Waals surface area (Å²) in [4.78, 5) is 10.8. The summed E-state index contributed by atoms with van der Waals surface area (Å²) in [6.07, 6.45) is 5.31. The predicted octanol–water partition coefficient (Wildman–Crippen LogP) is 1.51. The minimum atomic E-state index is 0.206. The molecule has 0 aliphatic carbocycles. The molecule has 17 heavy (non-hydrogen) atoms. The summed E-state index contributed by atoms with van der Waals surface area (Å²) >= 11 is 0. The van der Waals surface area contributed by atoms with Crippen molar-refractivity contribution in [1.82, 2.24) is 9.97 Å². The van der Waals surface area contributed by atoms with E-state index in [-0.39, 0.29) is 6.61 Å². The lowest BCUT2D eigenvalue weighted by atomic mass is 10.4. The maximum Gasteiger partial charge on any atom is 0.149 e. The quantitative estimate of drug-likeness (QED) is 0.719. The molecule has 0 saturated carbocycles. The average molecular weight is 238 g/mol. The molecular formula is C12H22N4O. The van der Waals surface area contributed by atoms with Gasteiger partial charge in [0, 0.05) is 26.2 Å². The number of aromatic nitrogens is 2. The molecule has 0 spiro atoms. The molecule has 5 nitrogen and oxygen atoms in total. The summed E-state index contributed by atoms with van der Waals surface area (Å²) in [6.45, 7) is 6.97. The van der Waals surface area contributed by atoms with E-state index in [0.717, 1.165) is 44.1 Å². The molecular weight excluding hydrogens is 216 g/mol. The molecule has 0 bridgehead atoms. The van der Waals surface area contributed by atoms with E-state index in [0.29, 0.717) is 0 Å². The molecule has 0 aromatic carbocycles. The Hall–Kier alpha value is -1.36. The summed E-state index contributed by atoms with van der Waals surface area (Å²) in [7, 11) is 0. The van der Waals surface area contributed by atoms with Crippen molar-refractivity contribution >= 4 is 11.6 Å². The summed E-state index contributed by atoms with van der Waals surface area (Å²) < 4.78 is 0. The van der Waals surface area contributed by atoms with Crippen LogP contribution in [0.1, 0.15) is 26.7 Å². The lowest BCUT2D eigenvalue weighted by Gasteiger charge is -2.21. The molecule has 0 aliphatic heterocycles. The number of nitrogens with one attached hydrogen (secondary N) is 1. The summed E-state index contributed by atoms with van der Waals surface area (Å²) in [5, 5.41) is 12.1. The normalized spacial score (nSPS) is 10.3. The first-order chi connectivity index (χ1) is 8.31. The number of hydrogen-bond acceptors (Lipinski definition) is 5. The molecule has 1 aromatic rings. The van der Waals surface area contributed by atoms with Gasteiger partial charge >= 0.3 is 0 Å². The van der Waals surface area contributed by atoms with Crippen LogP contribution in [0.2, 0.25) is 0 Å². The van der Waals surface area contributed by atoms with Gasteiger partial charge in [0.2, 0.25) is 0 Å². The minimum absolute atomic E-state index is 0.206. The second-order valence-corrected chi connectivity index (χ2v) is 3.85. The van der Waals surface area contributed by atoms with E-state index in [2.05, 4.69) is 34.0 Å². The molecule has 0 radical (unpaired) electrons. The van der Waals surface area contributed by atoms with Crippen molar-refractivity contribution in [2.45, 2.75) is 26.7 Å². The Morgan fingerprint density at radius 3 is 2.82 bits per heavy atom. The van der Waals surface area contributed by atoms with Gasteiger partial charge in [0.15, 0.2) is 0 Å². The summed E-state index contributed by atoms with van der Waals surface area (Å²) in [5.41, 5.74) is 0. The molecule has 0 aliphatic rings. The zero-order valence-corrected chi connectivity index (χ0v) is 10.7. The third-order valence-corrected chi connectivity index (χ3v) is 2.47. The van der Waals surface area contributed by atoms with E-state index < -0.39 is 0 Å². The molecule has 0 atom stereocenters. The molecule has 0 fully saturated rings. The van der Waals surface area contributed by atoms with Gasteiger partial charge in [-0.05, 0) is 19.8 Å². The van der Waals surface area contributed by atoms with Gasteiger partial charge in [0.05, 0.1) is 12.4 Å². The van der Waals surface area contributed by atoms with Gasteiger partial charge in [-0.3, -0.25) is 4.98 Å². The SMILES string of the molecule is CCCNc1cncc(N(CC)CCCO)n1. The van der Waals surface area contributed by atoms with Crippen molar-refractivity contribution in [3.05, 3.63) is 12.4 Å². The van der Waals surface area contributed by atoms with E-state index >= 15 is 0 Å². The van der Waals surface area contributed by atoms with Gasteiger partial charge in [0.1, 0.15) is 11.6 Å². The maximum atomic E-state index is 8.85. The third kappa shape index (κ3) is 4.56. The van der Waals surface area contributed by atoms with Crippen LogP contribution >= 0.6 is 0 Å². The van der Waals surface area contributed by atoms with Crippen molar-refractivity contribution < 1.29 is 5.11 Å². The first-order valence-corrected chi connectivity index (χ1v) is 6.23. The first-order valence-electron chi connectivity index (χ1n) is 6.23.